The summed E-state index contributed by atoms with van der Waals surface area (Å²) < 4.78 is 6.26. The van der Waals surface area contributed by atoms with Gasteiger partial charge in [-0.1, -0.05) is 46.8 Å². The summed E-state index contributed by atoms with van der Waals surface area (Å²) in [5, 5.41) is 2.15. The van der Waals surface area contributed by atoms with Crippen LogP contribution in [0.5, 0.6) is 0 Å². The molecule has 0 saturated carbocycles. The van der Waals surface area contributed by atoms with Crippen LogP contribution in [0.1, 0.15) is 63.3 Å². The summed E-state index contributed by atoms with van der Waals surface area (Å²) in [6.07, 6.45) is 1.99. The van der Waals surface area contributed by atoms with Gasteiger partial charge in [0.15, 0.2) is 0 Å². The van der Waals surface area contributed by atoms with Crippen molar-refractivity contribution in [2.75, 3.05) is 0 Å². The molecule has 4 rings (SSSR count). The van der Waals surface area contributed by atoms with Crippen molar-refractivity contribution in [2.45, 2.75) is 53.4 Å². The zero-order valence-corrected chi connectivity index (χ0v) is 17.6. The van der Waals surface area contributed by atoms with Gasteiger partial charge in [-0.2, -0.15) is 0 Å². The SMILES string of the molecule is Cc1cnc(-c2cccc3c2oc2nc(C(C)C)ccc23)cc1C(C)C(C)C. The molecular formula is C25H28N2O. The molecule has 3 heterocycles. The van der Waals surface area contributed by atoms with Crippen LogP contribution in [0.15, 0.2) is 47.0 Å². The minimum absolute atomic E-state index is 0.371. The third kappa shape index (κ3) is 3.09. The van der Waals surface area contributed by atoms with E-state index >= 15 is 0 Å². The maximum atomic E-state index is 6.26. The predicted molar refractivity (Wildman–Crippen MR) is 117 cm³/mol. The number of furan rings is 1. The number of hydrogen-bond acceptors (Lipinski definition) is 3. The van der Waals surface area contributed by atoms with Gasteiger partial charge in [-0.25, -0.2) is 4.98 Å². The monoisotopic (exact) mass is 372 g/mol. The van der Waals surface area contributed by atoms with E-state index in [1.165, 1.54) is 11.1 Å². The molecule has 3 heteroatoms. The minimum Gasteiger partial charge on any atom is -0.437 e. The lowest BCUT2D eigenvalue weighted by Gasteiger charge is -2.19. The molecule has 0 aliphatic carbocycles. The lowest BCUT2D eigenvalue weighted by atomic mass is 9.87. The van der Waals surface area contributed by atoms with Gasteiger partial charge in [0.25, 0.3) is 0 Å². The normalized spacial score (nSPS) is 13.1. The molecule has 0 saturated heterocycles. The van der Waals surface area contributed by atoms with Crippen molar-refractivity contribution in [3.8, 4) is 11.3 Å². The van der Waals surface area contributed by atoms with Gasteiger partial charge >= 0.3 is 0 Å². The van der Waals surface area contributed by atoms with Crippen LogP contribution in [0.3, 0.4) is 0 Å². The molecule has 0 fully saturated rings. The molecule has 0 aliphatic heterocycles. The van der Waals surface area contributed by atoms with Crippen LogP contribution in [0, 0.1) is 12.8 Å². The molecule has 1 unspecified atom stereocenters. The predicted octanol–water partition coefficient (Wildman–Crippen LogP) is 7.23. The fraction of sp³-hybridized carbons (Fsp3) is 0.360. The van der Waals surface area contributed by atoms with E-state index < -0.39 is 0 Å². The largest absolute Gasteiger partial charge is 0.437 e. The Morgan fingerprint density at radius 1 is 0.929 bits per heavy atom. The number of benzene rings is 1. The van der Waals surface area contributed by atoms with Crippen molar-refractivity contribution in [3.05, 3.63) is 59.4 Å². The number of aromatic nitrogens is 2. The van der Waals surface area contributed by atoms with Crippen molar-refractivity contribution in [1.29, 1.82) is 0 Å². The molecule has 0 bridgehead atoms. The number of fused-ring (bicyclic) bond motifs is 3. The van der Waals surface area contributed by atoms with Crippen molar-refractivity contribution >= 4 is 22.1 Å². The molecule has 28 heavy (non-hydrogen) atoms. The Hall–Kier alpha value is -2.68. The maximum absolute atomic E-state index is 6.26. The van der Waals surface area contributed by atoms with Gasteiger partial charge in [0.1, 0.15) is 5.58 Å². The molecule has 0 N–H and O–H groups in total. The fourth-order valence-corrected chi connectivity index (χ4v) is 3.75. The van der Waals surface area contributed by atoms with Gasteiger partial charge in [-0.15, -0.1) is 0 Å². The summed E-state index contributed by atoms with van der Waals surface area (Å²) >= 11 is 0. The highest BCUT2D eigenvalue weighted by Crippen LogP contribution is 2.36. The highest BCUT2D eigenvalue weighted by atomic mass is 16.3. The van der Waals surface area contributed by atoms with Crippen molar-refractivity contribution in [2.24, 2.45) is 5.92 Å². The van der Waals surface area contributed by atoms with Gasteiger partial charge in [0.05, 0.1) is 5.69 Å². The standard InChI is InChI=1S/C25H28N2O/c1-14(2)17(6)21-12-23(26-13-16(21)5)20-9-7-8-18-19-10-11-22(15(3)4)27-25(19)28-24(18)20/h7-15,17H,1-6H3. The Morgan fingerprint density at radius 3 is 2.43 bits per heavy atom. The second kappa shape index (κ2) is 7.05. The third-order valence-electron chi connectivity index (χ3n) is 5.89. The van der Waals surface area contributed by atoms with Crippen LogP contribution in [0.2, 0.25) is 0 Å². The second-order valence-electron chi connectivity index (χ2n) is 8.49. The average molecular weight is 373 g/mol. The maximum Gasteiger partial charge on any atom is 0.227 e. The fourth-order valence-electron chi connectivity index (χ4n) is 3.75. The minimum atomic E-state index is 0.371. The van der Waals surface area contributed by atoms with E-state index in [0.29, 0.717) is 23.5 Å². The number of pyridine rings is 2. The Labute approximate surface area is 166 Å². The quantitative estimate of drug-likeness (QED) is 0.379. The first-order chi connectivity index (χ1) is 13.4. The summed E-state index contributed by atoms with van der Waals surface area (Å²) in [7, 11) is 0. The summed E-state index contributed by atoms with van der Waals surface area (Å²) in [4.78, 5) is 9.48. The van der Waals surface area contributed by atoms with Crippen LogP contribution in [-0.4, -0.2) is 9.97 Å². The molecule has 3 nitrogen and oxygen atoms in total. The molecule has 1 atom stereocenters. The lowest BCUT2D eigenvalue weighted by molar-refractivity contribution is 0.532. The highest BCUT2D eigenvalue weighted by Gasteiger charge is 2.18. The number of hydrogen-bond donors (Lipinski definition) is 0. The van der Waals surface area contributed by atoms with E-state index in [4.69, 9.17) is 14.4 Å². The number of rotatable bonds is 4. The molecule has 0 aliphatic rings. The van der Waals surface area contributed by atoms with Crippen LogP contribution in [0.25, 0.3) is 33.3 Å². The van der Waals surface area contributed by atoms with Crippen LogP contribution < -0.4 is 0 Å². The summed E-state index contributed by atoms with van der Waals surface area (Å²) in [5.74, 6) is 1.43. The van der Waals surface area contributed by atoms with Gasteiger partial charge in [-0.3, -0.25) is 4.98 Å². The first kappa shape index (κ1) is 18.7. The Kier molecular flexibility index (Phi) is 4.70. The van der Waals surface area contributed by atoms with E-state index in [1.807, 2.05) is 6.20 Å². The highest BCUT2D eigenvalue weighted by molar-refractivity contribution is 6.08. The first-order valence-electron chi connectivity index (χ1n) is 10.2. The number of para-hydroxylation sites is 1. The van der Waals surface area contributed by atoms with E-state index in [-0.39, 0.29) is 0 Å². The topological polar surface area (TPSA) is 38.9 Å². The zero-order valence-electron chi connectivity index (χ0n) is 17.6. The third-order valence-corrected chi connectivity index (χ3v) is 5.89. The molecule has 0 radical (unpaired) electrons. The Morgan fingerprint density at radius 2 is 1.71 bits per heavy atom. The van der Waals surface area contributed by atoms with E-state index in [2.05, 4.69) is 77.9 Å². The molecule has 0 spiro atoms. The van der Waals surface area contributed by atoms with Gasteiger partial charge in [-0.05, 0) is 60.1 Å². The van der Waals surface area contributed by atoms with E-state index in [1.54, 1.807) is 0 Å². The van der Waals surface area contributed by atoms with Gasteiger partial charge in [0, 0.05) is 28.2 Å². The molecule has 144 valence electrons. The van der Waals surface area contributed by atoms with Crippen LogP contribution >= 0.6 is 0 Å². The summed E-state index contributed by atoms with van der Waals surface area (Å²) in [6, 6.07) is 12.7. The van der Waals surface area contributed by atoms with Crippen molar-refractivity contribution in [1.82, 2.24) is 9.97 Å². The smallest absolute Gasteiger partial charge is 0.227 e. The molecule has 4 aromatic rings. The van der Waals surface area contributed by atoms with E-state index in [0.717, 1.165) is 33.3 Å². The average Bonchev–Trinajstić information content (AvgIpc) is 3.05. The molecule has 3 aromatic heterocycles. The van der Waals surface area contributed by atoms with Gasteiger partial charge in [0.2, 0.25) is 5.71 Å². The number of nitrogens with zero attached hydrogens (tertiary/aromatic N) is 2. The lowest BCUT2D eigenvalue weighted by Crippen LogP contribution is -2.05. The van der Waals surface area contributed by atoms with Gasteiger partial charge < -0.3 is 4.42 Å². The van der Waals surface area contributed by atoms with Crippen molar-refractivity contribution < 1.29 is 4.42 Å². The molecular weight excluding hydrogens is 344 g/mol. The Balaban J connectivity index is 1.92. The van der Waals surface area contributed by atoms with Crippen LogP contribution in [-0.2, 0) is 0 Å². The van der Waals surface area contributed by atoms with Crippen LogP contribution in [0.4, 0.5) is 0 Å². The number of aryl methyl sites for hydroxylation is 1. The second-order valence-corrected chi connectivity index (χ2v) is 8.49. The summed E-state index contributed by atoms with van der Waals surface area (Å²) in [5.41, 5.74) is 7.20. The first-order valence-corrected chi connectivity index (χ1v) is 10.2. The van der Waals surface area contributed by atoms with E-state index in [9.17, 15) is 0 Å². The molecule has 1 aromatic carbocycles. The molecule has 0 amide bonds. The zero-order chi connectivity index (χ0) is 20.0. The van der Waals surface area contributed by atoms with Crippen molar-refractivity contribution in [3.63, 3.8) is 0 Å². The summed E-state index contributed by atoms with van der Waals surface area (Å²) in [6.45, 7) is 13.3. The Bertz CT molecular complexity index is 1150.